The first-order chi connectivity index (χ1) is 19.6. The molecule has 0 aliphatic carbocycles. The molecule has 0 spiro atoms. The number of ether oxygens (including phenoxy) is 1. The highest BCUT2D eigenvalue weighted by Crippen LogP contribution is 2.30. The minimum atomic E-state index is -0.188. The van der Waals surface area contributed by atoms with Crippen LogP contribution in [0.1, 0.15) is 23.6 Å². The van der Waals surface area contributed by atoms with E-state index in [1.54, 1.807) is 6.07 Å². The average molecular weight is 540 g/mol. The minimum Gasteiger partial charge on any atom is -0.379 e. The summed E-state index contributed by atoms with van der Waals surface area (Å²) in [4.78, 5) is 17.1. The summed E-state index contributed by atoms with van der Waals surface area (Å²) in [5, 5.41) is 0. The lowest BCUT2D eigenvalue weighted by Gasteiger charge is -2.34. The average Bonchev–Trinajstić information content (AvgIpc) is 2.99. The third-order valence-corrected chi connectivity index (χ3v) is 8.38. The van der Waals surface area contributed by atoms with E-state index in [0.29, 0.717) is 25.3 Å². The van der Waals surface area contributed by atoms with Crippen LogP contribution in [-0.4, -0.2) is 83.7 Å². The van der Waals surface area contributed by atoms with Crippen LogP contribution in [0, 0.1) is 12.7 Å². The second-order valence-electron chi connectivity index (χ2n) is 11.0. The number of hydrogen-bond donors (Lipinski definition) is 0. The van der Waals surface area contributed by atoms with Crippen LogP contribution in [0.3, 0.4) is 0 Å². The van der Waals surface area contributed by atoms with Gasteiger partial charge in [-0.2, -0.15) is 0 Å². The molecule has 2 aliphatic rings. The van der Waals surface area contributed by atoms with E-state index in [2.05, 4.69) is 46.7 Å². The molecule has 2 saturated heterocycles. The zero-order valence-electron chi connectivity index (χ0n) is 23.6. The van der Waals surface area contributed by atoms with Crippen molar-refractivity contribution < 1.29 is 9.13 Å². The van der Waals surface area contributed by atoms with Gasteiger partial charge in [0.2, 0.25) is 0 Å². The van der Waals surface area contributed by atoms with Crippen LogP contribution in [0.25, 0.3) is 33.4 Å². The Morgan fingerprint density at radius 3 is 2.25 bits per heavy atom. The second-order valence-corrected chi connectivity index (χ2v) is 11.0. The molecule has 7 heteroatoms. The molecule has 0 saturated carbocycles. The molecule has 4 aromatic rings. The van der Waals surface area contributed by atoms with E-state index in [0.717, 1.165) is 85.8 Å². The van der Waals surface area contributed by atoms with Gasteiger partial charge in [0, 0.05) is 69.0 Å². The number of benzene rings is 3. The van der Waals surface area contributed by atoms with Crippen LogP contribution in [0.5, 0.6) is 0 Å². The molecule has 1 aromatic heterocycles. The Hall–Kier alpha value is -3.23. The Morgan fingerprint density at radius 1 is 0.800 bits per heavy atom. The van der Waals surface area contributed by atoms with Gasteiger partial charge in [-0.3, -0.25) is 14.8 Å². The number of para-hydroxylation sites is 1. The van der Waals surface area contributed by atoms with Crippen molar-refractivity contribution in [2.24, 2.45) is 0 Å². The summed E-state index contributed by atoms with van der Waals surface area (Å²) in [5.41, 5.74) is 8.51. The maximum Gasteiger partial charge on any atom is 0.128 e. The number of hydrogen-bond acceptors (Lipinski definition) is 6. The van der Waals surface area contributed by atoms with E-state index in [-0.39, 0.29) is 5.82 Å². The summed E-state index contributed by atoms with van der Waals surface area (Å²) in [6.07, 6.45) is 1.84. The highest BCUT2D eigenvalue weighted by atomic mass is 19.1. The molecule has 6 rings (SSSR count). The van der Waals surface area contributed by atoms with Crippen molar-refractivity contribution in [2.45, 2.75) is 26.9 Å². The summed E-state index contributed by atoms with van der Waals surface area (Å²) < 4.78 is 20.6. The summed E-state index contributed by atoms with van der Waals surface area (Å²) in [5.74, 6) is -0.188. The molecule has 0 radical (unpaired) electrons. The van der Waals surface area contributed by atoms with Gasteiger partial charge in [0.25, 0.3) is 0 Å². The smallest absolute Gasteiger partial charge is 0.128 e. The number of morpholine rings is 1. The van der Waals surface area contributed by atoms with Gasteiger partial charge in [0.05, 0.1) is 36.1 Å². The van der Waals surface area contributed by atoms with Gasteiger partial charge in [0.1, 0.15) is 5.82 Å². The molecule has 0 amide bonds. The molecule has 6 nitrogen and oxygen atoms in total. The lowest BCUT2D eigenvalue weighted by atomic mass is 10.0. The molecule has 0 bridgehead atoms. The molecule has 3 heterocycles. The number of nitrogens with zero attached hydrogens (tertiary/aromatic N) is 5. The zero-order chi connectivity index (χ0) is 27.5. The monoisotopic (exact) mass is 539 g/mol. The normalized spacial score (nSPS) is 17.5. The number of piperazine rings is 1. The molecular weight excluding hydrogens is 501 g/mol. The Bertz CT molecular complexity index is 1480. The Kier molecular flexibility index (Phi) is 8.16. The molecule has 0 N–H and O–H groups in total. The highest BCUT2D eigenvalue weighted by Gasteiger charge is 2.18. The largest absolute Gasteiger partial charge is 0.379 e. The summed E-state index contributed by atoms with van der Waals surface area (Å²) in [6, 6.07) is 18.1. The van der Waals surface area contributed by atoms with Crippen molar-refractivity contribution in [2.75, 3.05) is 59.0 Å². The van der Waals surface area contributed by atoms with Gasteiger partial charge in [-0.05, 0) is 48.4 Å². The van der Waals surface area contributed by atoms with E-state index < -0.39 is 0 Å². The standard InChI is InChI=1S/C33H38FN5O/c1-3-37-11-13-38(14-12-37)22-27-9-8-26(19-24(27)2)32-21-35-31-6-4-5-29(33(31)36-32)25-7-10-28(30(34)20-25)23-39-15-17-40-18-16-39/h4-10,19-21H,3,11-18,22-23H2,1-2H3. The van der Waals surface area contributed by atoms with E-state index in [1.807, 2.05) is 36.5 Å². The Balaban J connectivity index is 1.24. The number of fused-ring (bicyclic) bond motifs is 1. The Labute approximate surface area is 236 Å². The zero-order valence-corrected chi connectivity index (χ0v) is 23.6. The van der Waals surface area contributed by atoms with Crippen LogP contribution in [-0.2, 0) is 17.8 Å². The molecule has 2 fully saturated rings. The fraction of sp³-hybridized carbons (Fsp3) is 0.394. The SMILES string of the molecule is CCN1CCN(Cc2ccc(-c3cnc4cccc(-c5ccc(CN6CCOCC6)c(F)c5)c4n3)cc2C)CC1. The third-order valence-electron chi connectivity index (χ3n) is 8.38. The highest BCUT2D eigenvalue weighted by molar-refractivity contribution is 5.92. The first-order valence-electron chi connectivity index (χ1n) is 14.5. The number of aromatic nitrogens is 2. The van der Waals surface area contributed by atoms with Gasteiger partial charge >= 0.3 is 0 Å². The van der Waals surface area contributed by atoms with Crippen molar-refractivity contribution in [3.8, 4) is 22.4 Å². The van der Waals surface area contributed by atoms with E-state index in [1.165, 1.54) is 11.1 Å². The van der Waals surface area contributed by atoms with Crippen LogP contribution in [0.4, 0.5) is 4.39 Å². The first kappa shape index (κ1) is 27.0. The molecule has 208 valence electrons. The summed E-state index contributed by atoms with van der Waals surface area (Å²) in [7, 11) is 0. The van der Waals surface area contributed by atoms with Gasteiger partial charge in [-0.25, -0.2) is 9.37 Å². The molecule has 3 aromatic carbocycles. The molecule has 0 atom stereocenters. The molecule has 0 unspecified atom stereocenters. The van der Waals surface area contributed by atoms with Crippen LogP contribution >= 0.6 is 0 Å². The van der Waals surface area contributed by atoms with Crippen molar-refractivity contribution in [1.29, 1.82) is 0 Å². The van der Waals surface area contributed by atoms with Crippen LogP contribution in [0.15, 0.2) is 60.8 Å². The first-order valence-corrected chi connectivity index (χ1v) is 14.5. The fourth-order valence-electron chi connectivity index (χ4n) is 5.79. The summed E-state index contributed by atoms with van der Waals surface area (Å²) in [6.45, 7) is 14.7. The molecular formula is C33H38FN5O. The molecule has 2 aliphatic heterocycles. The number of halogens is 1. The lowest BCUT2D eigenvalue weighted by Crippen LogP contribution is -2.45. The van der Waals surface area contributed by atoms with Crippen LogP contribution in [0.2, 0.25) is 0 Å². The van der Waals surface area contributed by atoms with Crippen molar-refractivity contribution >= 4 is 11.0 Å². The Morgan fingerprint density at radius 2 is 1.50 bits per heavy atom. The van der Waals surface area contributed by atoms with Gasteiger partial charge in [-0.1, -0.05) is 43.3 Å². The third kappa shape index (κ3) is 5.93. The van der Waals surface area contributed by atoms with Crippen molar-refractivity contribution in [3.05, 3.63) is 83.3 Å². The quantitative estimate of drug-likeness (QED) is 0.314. The second kappa shape index (κ2) is 12.1. The number of rotatable bonds is 7. The van der Waals surface area contributed by atoms with Crippen molar-refractivity contribution in [3.63, 3.8) is 0 Å². The number of aryl methyl sites for hydroxylation is 1. The predicted octanol–water partition coefficient (Wildman–Crippen LogP) is 5.38. The van der Waals surface area contributed by atoms with Crippen LogP contribution < -0.4 is 0 Å². The molecule has 40 heavy (non-hydrogen) atoms. The topological polar surface area (TPSA) is 44.7 Å². The number of likely N-dealkylation sites (N-methyl/N-ethyl adjacent to an activating group) is 1. The van der Waals surface area contributed by atoms with E-state index in [4.69, 9.17) is 14.7 Å². The predicted molar refractivity (Wildman–Crippen MR) is 159 cm³/mol. The van der Waals surface area contributed by atoms with Gasteiger partial charge in [0.15, 0.2) is 0 Å². The summed E-state index contributed by atoms with van der Waals surface area (Å²) >= 11 is 0. The minimum absolute atomic E-state index is 0.188. The lowest BCUT2D eigenvalue weighted by molar-refractivity contribution is 0.0337. The van der Waals surface area contributed by atoms with Gasteiger partial charge < -0.3 is 9.64 Å². The maximum atomic E-state index is 15.2. The van der Waals surface area contributed by atoms with E-state index in [9.17, 15) is 0 Å². The van der Waals surface area contributed by atoms with Gasteiger partial charge in [-0.15, -0.1) is 0 Å². The maximum absolute atomic E-state index is 15.2. The van der Waals surface area contributed by atoms with Crippen molar-refractivity contribution in [1.82, 2.24) is 24.7 Å². The van der Waals surface area contributed by atoms with E-state index >= 15 is 4.39 Å². The fourth-order valence-corrected chi connectivity index (χ4v) is 5.79.